The van der Waals surface area contributed by atoms with Crippen molar-refractivity contribution in [1.29, 1.82) is 0 Å². The van der Waals surface area contributed by atoms with E-state index in [0.29, 0.717) is 11.5 Å². The molecule has 0 radical (unpaired) electrons. The van der Waals surface area contributed by atoms with Crippen molar-refractivity contribution in [2.75, 3.05) is 13.7 Å². The number of methoxy groups -OCH3 is 1. The van der Waals surface area contributed by atoms with E-state index in [0.717, 1.165) is 40.9 Å². The highest BCUT2D eigenvalue weighted by Gasteiger charge is 2.34. The van der Waals surface area contributed by atoms with Crippen molar-refractivity contribution in [2.24, 2.45) is 5.73 Å². The van der Waals surface area contributed by atoms with Gasteiger partial charge in [-0.05, 0) is 30.9 Å². The molecule has 1 saturated carbocycles. The Bertz CT molecular complexity index is 1260. The Hall–Kier alpha value is -3.71. The fourth-order valence-electron chi connectivity index (χ4n) is 4.05. The number of ether oxygens (including phenoxy) is 2. The highest BCUT2D eigenvalue weighted by molar-refractivity contribution is 5.81. The summed E-state index contributed by atoms with van der Waals surface area (Å²) in [6, 6.07) is 21.9. The van der Waals surface area contributed by atoms with E-state index >= 15 is 0 Å². The van der Waals surface area contributed by atoms with Gasteiger partial charge in [0, 0.05) is 22.7 Å². The number of benzene rings is 2. The Labute approximate surface area is 185 Å². The summed E-state index contributed by atoms with van der Waals surface area (Å²) in [5, 5.41) is 4.59. The Morgan fingerprint density at radius 3 is 2.44 bits per heavy atom. The van der Waals surface area contributed by atoms with Crippen LogP contribution in [0.25, 0.3) is 28.2 Å². The molecule has 2 aromatic carbocycles. The smallest absolute Gasteiger partial charge is 0.343 e. The number of hydrogen-bond donors (Lipinski definition) is 1. The Kier molecular flexibility index (Phi) is 5.11. The summed E-state index contributed by atoms with van der Waals surface area (Å²) in [5.74, 6) is -0.153. The molecule has 32 heavy (non-hydrogen) atoms. The molecule has 0 amide bonds. The van der Waals surface area contributed by atoms with Crippen molar-refractivity contribution in [2.45, 2.75) is 24.8 Å². The first kappa shape index (κ1) is 20.2. The Balaban J connectivity index is 1.59. The first-order valence-corrected chi connectivity index (χ1v) is 10.6. The molecule has 0 atom stereocenters. The molecule has 0 spiro atoms. The highest BCUT2D eigenvalue weighted by atomic mass is 16.6. The van der Waals surface area contributed by atoms with Crippen molar-refractivity contribution in [3.8, 4) is 28.4 Å². The van der Waals surface area contributed by atoms with Crippen molar-refractivity contribution in [3.05, 3.63) is 72.3 Å². The van der Waals surface area contributed by atoms with Crippen molar-refractivity contribution < 1.29 is 14.3 Å². The average molecular weight is 428 g/mol. The van der Waals surface area contributed by atoms with Gasteiger partial charge in [0.05, 0.1) is 12.8 Å². The molecule has 2 aromatic heterocycles. The maximum Gasteiger partial charge on any atom is 0.343 e. The van der Waals surface area contributed by atoms with E-state index in [-0.39, 0.29) is 12.1 Å². The van der Waals surface area contributed by atoms with Crippen LogP contribution < -0.4 is 10.5 Å². The van der Waals surface area contributed by atoms with Gasteiger partial charge in [0.15, 0.2) is 12.3 Å². The van der Waals surface area contributed by atoms with Gasteiger partial charge in [-0.15, -0.1) is 5.10 Å². The van der Waals surface area contributed by atoms with Gasteiger partial charge in [-0.2, -0.15) is 0 Å². The number of nitrogens with two attached hydrogens (primary N) is 1. The van der Waals surface area contributed by atoms with E-state index in [1.807, 2.05) is 36.4 Å². The lowest BCUT2D eigenvalue weighted by Gasteiger charge is -2.38. The number of rotatable bonds is 6. The van der Waals surface area contributed by atoms with Crippen molar-refractivity contribution >= 4 is 11.6 Å². The molecule has 4 aromatic rings. The molecule has 162 valence electrons. The summed E-state index contributed by atoms with van der Waals surface area (Å²) >= 11 is 0. The van der Waals surface area contributed by atoms with Crippen LogP contribution in [-0.4, -0.2) is 34.3 Å². The van der Waals surface area contributed by atoms with Crippen LogP contribution in [-0.2, 0) is 15.1 Å². The zero-order valence-corrected chi connectivity index (χ0v) is 17.8. The Morgan fingerprint density at radius 1 is 1.03 bits per heavy atom. The molecular weight excluding hydrogens is 404 g/mol. The maximum atomic E-state index is 11.4. The quantitative estimate of drug-likeness (QED) is 0.468. The highest BCUT2D eigenvalue weighted by Crippen LogP contribution is 2.40. The van der Waals surface area contributed by atoms with Crippen molar-refractivity contribution in [3.63, 3.8) is 0 Å². The number of nitrogens with zero attached hydrogens (tertiary/aromatic N) is 3. The minimum atomic E-state index is -0.467. The summed E-state index contributed by atoms with van der Waals surface area (Å²) in [6.07, 6.45) is 3.22. The van der Waals surface area contributed by atoms with Gasteiger partial charge < -0.3 is 15.2 Å². The second-order valence-corrected chi connectivity index (χ2v) is 8.07. The molecule has 2 heterocycles. The molecule has 5 rings (SSSR count). The predicted octanol–water partition coefficient (Wildman–Crippen LogP) is 3.95. The number of carbonyl (C=O) groups excluding carboxylic acids is 1. The second kappa shape index (κ2) is 8.09. The number of fused-ring (bicyclic) bond motifs is 1. The van der Waals surface area contributed by atoms with Crippen LogP contribution in [0.15, 0.2) is 66.7 Å². The normalized spacial score (nSPS) is 14.7. The summed E-state index contributed by atoms with van der Waals surface area (Å²) in [6.45, 7) is -0.209. The van der Waals surface area contributed by atoms with Crippen LogP contribution in [0.4, 0.5) is 0 Å². The first-order valence-electron chi connectivity index (χ1n) is 10.6. The van der Waals surface area contributed by atoms with Gasteiger partial charge >= 0.3 is 5.97 Å². The van der Waals surface area contributed by atoms with E-state index in [9.17, 15) is 4.79 Å². The molecule has 1 aliphatic rings. The zero-order chi connectivity index (χ0) is 22.1. The monoisotopic (exact) mass is 428 g/mol. The van der Waals surface area contributed by atoms with Gasteiger partial charge in [-0.1, -0.05) is 54.6 Å². The third-order valence-electron chi connectivity index (χ3n) is 6.04. The first-order chi connectivity index (χ1) is 15.6. The molecule has 7 nitrogen and oxygen atoms in total. The van der Waals surface area contributed by atoms with Crippen LogP contribution in [0, 0.1) is 0 Å². The average Bonchev–Trinajstić information content (AvgIpc) is 3.20. The fraction of sp³-hybridized carbons (Fsp3) is 0.240. The molecule has 1 fully saturated rings. The largest absolute Gasteiger partial charge is 0.466 e. The van der Waals surface area contributed by atoms with Crippen molar-refractivity contribution in [1.82, 2.24) is 14.6 Å². The number of imidazole rings is 1. The zero-order valence-electron chi connectivity index (χ0n) is 17.8. The van der Waals surface area contributed by atoms with E-state index in [1.54, 1.807) is 10.6 Å². The molecular formula is C25H24N4O3. The van der Waals surface area contributed by atoms with Crippen LogP contribution in [0.1, 0.15) is 24.8 Å². The number of carbonyl (C=O) groups is 1. The Morgan fingerprint density at radius 2 is 1.78 bits per heavy atom. The summed E-state index contributed by atoms with van der Waals surface area (Å²) in [5.41, 5.74) is 11.8. The predicted molar refractivity (Wildman–Crippen MR) is 121 cm³/mol. The second-order valence-electron chi connectivity index (χ2n) is 8.07. The van der Waals surface area contributed by atoms with E-state index in [4.69, 9.17) is 15.5 Å². The van der Waals surface area contributed by atoms with Crippen LogP contribution >= 0.6 is 0 Å². The lowest BCUT2D eigenvalue weighted by molar-refractivity contribution is -0.143. The summed E-state index contributed by atoms with van der Waals surface area (Å²) in [7, 11) is 1.32. The SMILES string of the molecule is COC(=O)COc1ccc2nc(-c3ccc(C4(N)CCC4)cc3)c(-c3ccccc3)n2n1. The fourth-order valence-corrected chi connectivity index (χ4v) is 4.05. The molecule has 0 saturated heterocycles. The molecule has 0 bridgehead atoms. The van der Waals surface area contributed by atoms with E-state index in [2.05, 4.69) is 34.1 Å². The standard InChI is InChI=1S/C25H24N4O3/c1-31-22(30)16-32-21-13-12-20-27-23(24(29(20)28-21)18-6-3-2-4-7-18)17-8-10-19(11-9-17)25(26)14-5-15-25/h2-4,6-13H,5,14-16,26H2,1H3. The van der Waals surface area contributed by atoms with Gasteiger partial charge in [0.1, 0.15) is 5.69 Å². The molecule has 7 heteroatoms. The lowest BCUT2D eigenvalue weighted by atomic mass is 9.72. The maximum absolute atomic E-state index is 11.4. The third kappa shape index (κ3) is 3.61. The third-order valence-corrected chi connectivity index (χ3v) is 6.04. The van der Waals surface area contributed by atoms with Gasteiger partial charge in [-0.25, -0.2) is 14.3 Å². The van der Waals surface area contributed by atoms with Gasteiger partial charge in [-0.3, -0.25) is 0 Å². The summed E-state index contributed by atoms with van der Waals surface area (Å²) < 4.78 is 11.9. The molecule has 2 N–H and O–H groups in total. The van der Waals surface area contributed by atoms with Gasteiger partial charge in [0.2, 0.25) is 5.88 Å². The molecule has 1 aliphatic carbocycles. The number of hydrogen-bond acceptors (Lipinski definition) is 6. The summed E-state index contributed by atoms with van der Waals surface area (Å²) in [4.78, 5) is 16.3. The van der Waals surface area contributed by atoms with E-state index < -0.39 is 5.97 Å². The van der Waals surface area contributed by atoms with E-state index in [1.165, 1.54) is 13.5 Å². The van der Waals surface area contributed by atoms with Crippen LogP contribution in [0.2, 0.25) is 0 Å². The van der Waals surface area contributed by atoms with Crippen LogP contribution in [0.3, 0.4) is 0 Å². The minimum absolute atomic E-state index is 0.201. The molecule has 0 unspecified atom stereocenters. The minimum Gasteiger partial charge on any atom is -0.466 e. The number of esters is 1. The van der Waals surface area contributed by atoms with Crippen LogP contribution in [0.5, 0.6) is 5.88 Å². The topological polar surface area (TPSA) is 91.7 Å². The van der Waals surface area contributed by atoms with Gasteiger partial charge in [0.25, 0.3) is 0 Å². The molecule has 0 aliphatic heterocycles. The lowest BCUT2D eigenvalue weighted by Crippen LogP contribution is -2.43. The number of aromatic nitrogens is 3.